The molecule has 0 saturated heterocycles. The predicted octanol–water partition coefficient (Wildman–Crippen LogP) is 3.56. The monoisotopic (exact) mass is 324 g/mol. The first kappa shape index (κ1) is 19.2. The quantitative estimate of drug-likeness (QED) is 0.486. The zero-order valence-electron chi connectivity index (χ0n) is 14.6. The maximum Gasteiger partial charge on any atom is 0.360 e. The Kier molecular flexibility index (Phi) is 8.37. The van der Waals surface area contributed by atoms with Crippen molar-refractivity contribution in [1.82, 2.24) is 9.88 Å². The van der Waals surface area contributed by atoms with Crippen LogP contribution < -0.4 is 0 Å². The third-order valence-electron chi connectivity index (χ3n) is 3.69. The van der Waals surface area contributed by atoms with E-state index in [1.165, 1.54) is 32.6 Å². The number of esters is 1. The third-order valence-corrected chi connectivity index (χ3v) is 3.69. The van der Waals surface area contributed by atoms with Gasteiger partial charge < -0.3 is 14.1 Å². The fourth-order valence-corrected chi connectivity index (χ4v) is 2.31. The lowest BCUT2D eigenvalue weighted by molar-refractivity contribution is -0.134. The van der Waals surface area contributed by atoms with Crippen LogP contribution in [0.25, 0.3) is 0 Å². The Morgan fingerprint density at radius 1 is 1.26 bits per heavy atom. The minimum absolute atomic E-state index is 0.0478. The van der Waals surface area contributed by atoms with Crippen LogP contribution in [0, 0.1) is 0 Å². The molecule has 1 rings (SSSR count). The number of unbranched alkanes of at least 4 members (excludes halogenated alkanes) is 4. The van der Waals surface area contributed by atoms with Crippen LogP contribution in [0.5, 0.6) is 0 Å². The van der Waals surface area contributed by atoms with E-state index >= 15 is 0 Å². The maximum absolute atomic E-state index is 12.4. The highest BCUT2D eigenvalue weighted by Crippen LogP contribution is 2.13. The van der Waals surface area contributed by atoms with Crippen molar-refractivity contribution in [2.45, 2.75) is 71.9 Å². The number of methoxy groups -OCH3 is 1. The topological polar surface area (TPSA) is 72.6 Å². The van der Waals surface area contributed by atoms with E-state index in [0.717, 1.165) is 12.8 Å². The van der Waals surface area contributed by atoms with Crippen molar-refractivity contribution < 1.29 is 18.7 Å². The van der Waals surface area contributed by atoms with Gasteiger partial charge in [-0.2, -0.15) is 0 Å². The van der Waals surface area contributed by atoms with E-state index in [1.807, 2.05) is 13.8 Å². The summed E-state index contributed by atoms with van der Waals surface area (Å²) >= 11 is 0. The number of oxazole rings is 1. The van der Waals surface area contributed by atoms with E-state index in [1.54, 1.807) is 4.90 Å². The van der Waals surface area contributed by atoms with E-state index in [2.05, 4.69) is 16.6 Å². The summed E-state index contributed by atoms with van der Waals surface area (Å²) < 4.78 is 9.86. The summed E-state index contributed by atoms with van der Waals surface area (Å²) in [5.41, 5.74) is 0.123. The van der Waals surface area contributed by atoms with Gasteiger partial charge in [0.2, 0.25) is 11.8 Å². The molecule has 130 valence electrons. The molecule has 6 nitrogen and oxygen atoms in total. The van der Waals surface area contributed by atoms with Crippen LogP contribution in [0.1, 0.15) is 75.7 Å². The summed E-state index contributed by atoms with van der Waals surface area (Å²) in [4.78, 5) is 29.6. The van der Waals surface area contributed by atoms with Crippen LogP contribution in [0.2, 0.25) is 0 Å². The van der Waals surface area contributed by atoms with Crippen LogP contribution in [0.3, 0.4) is 0 Å². The van der Waals surface area contributed by atoms with Crippen molar-refractivity contribution in [3.8, 4) is 0 Å². The fraction of sp³-hybridized carbons (Fsp3) is 0.706. The first-order chi connectivity index (χ1) is 11.0. The van der Waals surface area contributed by atoms with Gasteiger partial charge in [0.15, 0.2) is 5.69 Å². The standard InChI is InChI=1S/C17H28N2O4/c1-5-6-7-8-9-10-16(20)19(13(2)3)11-15-18-14(12-23-15)17(21)22-4/h12-13H,5-11H2,1-4H3. The number of rotatable bonds is 10. The number of carbonyl (C=O) groups excluding carboxylic acids is 2. The van der Waals surface area contributed by atoms with Crippen LogP contribution in [-0.2, 0) is 16.1 Å². The molecule has 6 heteroatoms. The van der Waals surface area contributed by atoms with Gasteiger partial charge in [0.05, 0.1) is 13.7 Å². The van der Waals surface area contributed by atoms with Gasteiger partial charge in [0.25, 0.3) is 0 Å². The van der Waals surface area contributed by atoms with Gasteiger partial charge in [-0.1, -0.05) is 32.6 Å². The molecule has 0 N–H and O–H groups in total. The van der Waals surface area contributed by atoms with E-state index in [0.29, 0.717) is 12.3 Å². The average Bonchev–Trinajstić information content (AvgIpc) is 2.99. The number of hydrogen-bond acceptors (Lipinski definition) is 5. The highest BCUT2D eigenvalue weighted by molar-refractivity contribution is 5.86. The lowest BCUT2D eigenvalue weighted by Crippen LogP contribution is -2.36. The van der Waals surface area contributed by atoms with Gasteiger partial charge in [-0.3, -0.25) is 4.79 Å². The lowest BCUT2D eigenvalue weighted by atomic mass is 10.1. The van der Waals surface area contributed by atoms with E-state index in [9.17, 15) is 9.59 Å². The summed E-state index contributed by atoms with van der Waals surface area (Å²) in [6, 6.07) is 0.0478. The normalized spacial score (nSPS) is 10.8. The second kappa shape index (κ2) is 10.0. The summed E-state index contributed by atoms with van der Waals surface area (Å²) in [6.45, 7) is 6.35. The highest BCUT2D eigenvalue weighted by Gasteiger charge is 2.20. The molecule has 0 aliphatic carbocycles. The SMILES string of the molecule is CCCCCCCC(=O)N(Cc1nc(C(=O)OC)co1)C(C)C. The summed E-state index contributed by atoms with van der Waals surface area (Å²) in [5, 5.41) is 0. The molecule has 0 saturated carbocycles. The van der Waals surface area contributed by atoms with Crippen molar-refractivity contribution >= 4 is 11.9 Å². The number of nitrogens with zero attached hydrogens (tertiary/aromatic N) is 2. The zero-order chi connectivity index (χ0) is 17.2. The molecule has 0 unspecified atom stereocenters. The Bertz CT molecular complexity index is 497. The second-order valence-electron chi connectivity index (χ2n) is 5.90. The maximum atomic E-state index is 12.4. The largest absolute Gasteiger partial charge is 0.464 e. The van der Waals surface area contributed by atoms with Gasteiger partial charge >= 0.3 is 5.97 Å². The number of hydrogen-bond donors (Lipinski definition) is 0. The molecule has 1 aromatic heterocycles. The number of carbonyl (C=O) groups is 2. The number of ether oxygens (including phenoxy) is 1. The molecule has 0 radical (unpaired) electrons. The molecule has 0 fully saturated rings. The summed E-state index contributed by atoms with van der Waals surface area (Å²) in [6.07, 6.45) is 7.36. The average molecular weight is 324 g/mol. The third kappa shape index (κ3) is 6.42. The molecule has 0 aliphatic heterocycles. The first-order valence-electron chi connectivity index (χ1n) is 8.31. The van der Waals surface area contributed by atoms with Gasteiger partial charge in [-0.05, 0) is 20.3 Å². The Labute approximate surface area is 138 Å². The molecule has 0 aromatic carbocycles. The van der Waals surface area contributed by atoms with E-state index < -0.39 is 5.97 Å². The fourth-order valence-electron chi connectivity index (χ4n) is 2.31. The second-order valence-corrected chi connectivity index (χ2v) is 5.90. The van der Waals surface area contributed by atoms with Crippen molar-refractivity contribution in [3.63, 3.8) is 0 Å². The summed E-state index contributed by atoms with van der Waals surface area (Å²) in [5.74, 6) is -0.105. The van der Waals surface area contributed by atoms with Crippen molar-refractivity contribution in [2.75, 3.05) is 7.11 Å². The van der Waals surface area contributed by atoms with E-state index in [4.69, 9.17) is 4.42 Å². The number of amides is 1. The Morgan fingerprint density at radius 2 is 1.96 bits per heavy atom. The van der Waals surface area contributed by atoms with Crippen molar-refractivity contribution in [1.29, 1.82) is 0 Å². The lowest BCUT2D eigenvalue weighted by Gasteiger charge is -2.25. The molecule has 0 aliphatic rings. The molecule has 0 atom stereocenters. The summed E-state index contributed by atoms with van der Waals surface area (Å²) in [7, 11) is 1.29. The molecule has 0 bridgehead atoms. The highest BCUT2D eigenvalue weighted by atomic mass is 16.5. The van der Waals surface area contributed by atoms with Crippen LogP contribution in [-0.4, -0.2) is 34.9 Å². The zero-order valence-corrected chi connectivity index (χ0v) is 14.6. The Balaban J connectivity index is 2.55. The molecule has 1 aromatic rings. The number of aromatic nitrogens is 1. The molecule has 0 spiro atoms. The van der Waals surface area contributed by atoms with Crippen LogP contribution in [0.4, 0.5) is 0 Å². The minimum Gasteiger partial charge on any atom is -0.464 e. The Hall–Kier alpha value is -1.85. The van der Waals surface area contributed by atoms with Gasteiger partial charge in [0.1, 0.15) is 6.26 Å². The van der Waals surface area contributed by atoms with Crippen molar-refractivity contribution in [2.24, 2.45) is 0 Å². The molecular formula is C17H28N2O4. The predicted molar refractivity (Wildman–Crippen MR) is 86.9 cm³/mol. The minimum atomic E-state index is -0.543. The molecular weight excluding hydrogens is 296 g/mol. The molecule has 1 amide bonds. The van der Waals surface area contributed by atoms with Crippen LogP contribution >= 0.6 is 0 Å². The molecule has 1 heterocycles. The van der Waals surface area contributed by atoms with Crippen LogP contribution in [0.15, 0.2) is 10.7 Å². The van der Waals surface area contributed by atoms with Gasteiger partial charge in [-0.25, -0.2) is 9.78 Å². The van der Waals surface area contributed by atoms with E-state index in [-0.39, 0.29) is 24.2 Å². The molecule has 23 heavy (non-hydrogen) atoms. The van der Waals surface area contributed by atoms with Gasteiger partial charge in [0, 0.05) is 12.5 Å². The first-order valence-corrected chi connectivity index (χ1v) is 8.31. The Morgan fingerprint density at radius 3 is 2.57 bits per heavy atom. The van der Waals surface area contributed by atoms with Crippen molar-refractivity contribution in [3.05, 3.63) is 17.8 Å². The smallest absolute Gasteiger partial charge is 0.360 e. The van der Waals surface area contributed by atoms with Gasteiger partial charge in [-0.15, -0.1) is 0 Å².